The molecule has 11 heavy (non-hydrogen) atoms. The number of aliphatic hydroxyl groups excluding tert-OH is 1. The number of ether oxygens (including phenoxy) is 3. The summed E-state index contributed by atoms with van der Waals surface area (Å²) in [5.74, 6) is 0. The van der Waals surface area contributed by atoms with Crippen LogP contribution in [0, 0.1) is 0 Å². The Labute approximate surface area is 66.1 Å². The third-order valence-electron chi connectivity index (χ3n) is 1.76. The summed E-state index contributed by atoms with van der Waals surface area (Å²) in [6.45, 7) is 0. The maximum atomic E-state index is 9.27. The monoisotopic (exact) mass is 162 g/mol. The second kappa shape index (κ2) is 4.01. The fourth-order valence-corrected chi connectivity index (χ4v) is 1.12. The Bertz CT molecular complexity index is 105. The van der Waals surface area contributed by atoms with Crippen LogP contribution >= 0.6 is 0 Å². The first-order valence-corrected chi connectivity index (χ1v) is 3.65. The minimum absolute atomic E-state index is 0.330. The number of hydrogen-bond acceptors (Lipinski definition) is 4. The molecule has 1 unspecified atom stereocenters. The van der Waals surface area contributed by atoms with Crippen molar-refractivity contribution in [2.75, 3.05) is 14.2 Å². The molecule has 0 saturated carbocycles. The Morgan fingerprint density at radius 3 is 2.00 bits per heavy atom. The van der Waals surface area contributed by atoms with Gasteiger partial charge in [0.05, 0.1) is 6.10 Å². The SMILES string of the molecule is CO[C@H]1CC(O)C[C@@H](OC)O1. The van der Waals surface area contributed by atoms with Crippen LogP contribution in [0.5, 0.6) is 0 Å². The van der Waals surface area contributed by atoms with Crippen molar-refractivity contribution in [3.05, 3.63) is 0 Å². The summed E-state index contributed by atoms with van der Waals surface area (Å²) >= 11 is 0. The van der Waals surface area contributed by atoms with E-state index in [0.717, 1.165) is 0 Å². The highest BCUT2D eigenvalue weighted by Gasteiger charge is 2.27. The minimum Gasteiger partial charge on any atom is -0.393 e. The van der Waals surface area contributed by atoms with E-state index in [9.17, 15) is 5.11 Å². The molecule has 1 aliphatic heterocycles. The van der Waals surface area contributed by atoms with Crippen LogP contribution in [0.25, 0.3) is 0 Å². The molecular weight excluding hydrogens is 148 g/mol. The van der Waals surface area contributed by atoms with E-state index < -0.39 is 0 Å². The van der Waals surface area contributed by atoms with Gasteiger partial charge in [0.15, 0.2) is 12.6 Å². The predicted molar refractivity (Wildman–Crippen MR) is 37.9 cm³/mol. The maximum absolute atomic E-state index is 9.27. The minimum atomic E-state index is -0.376. The van der Waals surface area contributed by atoms with Crippen LogP contribution in [-0.4, -0.2) is 38.0 Å². The molecule has 1 saturated heterocycles. The van der Waals surface area contributed by atoms with Gasteiger partial charge in [0.1, 0.15) is 0 Å². The summed E-state index contributed by atoms with van der Waals surface area (Å²) in [6.07, 6.45) is 0.0123. The standard InChI is InChI=1S/C7H14O4/c1-9-6-3-5(8)4-7(10-2)11-6/h5-8H,3-4H2,1-2H3/t5?,6-,7+. The van der Waals surface area contributed by atoms with Crippen LogP contribution in [0.2, 0.25) is 0 Å². The van der Waals surface area contributed by atoms with E-state index in [4.69, 9.17) is 14.2 Å². The number of methoxy groups -OCH3 is 2. The summed E-state index contributed by atoms with van der Waals surface area (Å²) in [6, 6.07) is 0. The first-order chi connectivity index (χ1) is 5.26. The van der Waals surface area contributed by atoms with Gasteiger partial charge in [-0.05, 0) is 0 Å². The lowest BCUT2D eigenvalue weighted by Gasteiger charge is -2.30. The van der Waals surface area contributed by atoms with E-state index in [2.05, 4.69) is 0 Å². The molecule has 0 spiro atoms. The van der Waals surface area contributed by atoms with Gasteiger partial charge in [-0.15, -0.1) is 0 Å². The van der Waals surface area contributed by atoms with Crippen molar-refractivity contribution in [1.29, 1.82) is 0 Å². The van der Waals surface area contributed by atoms with Gasteiger partial charge < -0.3 is 19.3 Å². The average Bonchev–Trinajstić information content (AvgIpc) is 2.03. The summed E-state index contributed by atoms with van der Waals surface area (Å²) in [5.41, 5.74) is 0. The third kappa shape index (κ3) is 2.41. The molecule has 0 aromatic rings. The van der Waals surface area contributed by atoms with Crippen molar-refractivity contribution >= 4 is 0 Å². The molecule has 0 radical (unpaired) electrons. The Balaban J connectivity index is 2.37. The van der Waals surface area contributed by atoms with Crippen LogP contribution in [0.3, 0.4) is 0 Å². The highest BCUT2D eigenvalue weighted by atomic mass is 16.8. The number of aliphatic hydroxyl groups is 1. The highest BCUT2D eigenvalue weighted by molar-refractivity contribution is 4.67. The fraction of sp³-hybridized carbons (Fsp3) is 1.00. The molecule has 0 bridgehead atoms. The molecule has 0 aromatic heterocycles. The van der Waals surface area contributed by atoms with E-state index in [-0.39, 0.29) is 18.7 Å². The van der Waals surface area contributed by atoms with E-state index in [0.29, 0.717) is 12.8 Å². The Kier molecular flexibility index (Phi) is 3.26. The summed E-state index contributed by atoms with van der Waals surface area (Å²) in [5, 5.41) is 9.27. The van der Waals surface area contributed by atoms with Crippen molar-refractivity contribution in [2.45, 2.75) is 31.5 Å². The molecule has 3 atom stereocenters. The first kappa shape index (κ1) is 8.93. The zero-order chi connectivity index (χ0) is 8.27. The lowest BCUT2D eigenvalue weighted by molar-refractivity contribution is -0.269. The second-order valence-corrected chi connectivity index (χ2v) is 2.59. The Morgan fingerprint density at radius 1 is 1.18 bits per heavy atom. The van der Waals surface area contributed by atoms with Crippen molar-refractivity contribution in [1.82, 2.24) is 0 Å². The zero-order valence-corrected chi connectivity index (χ0v) is 6.82. The lowest BCUT2D eigenvalue weighted by Crippen LogP contribution is -2.37. The first-order valence-electron chi connectivity index (χ1n) is 3.65. The average molecular weight is 162 g/mol. The molecule has 1 aliphatic rings. The third-order valence-corrected chi connectivity index (χ3v) is 1.76. The normalized spacial score (nSPS) is 39.0. The predicted octanol–water partition coefficient (Wildman–Crippen LogP) is 0.103. The van der Waals surface area contributed by atoms with E-state index in [1.807, 2.05) is 0 Å². The van der Waals surface area contributed by atoms with Crippen LogP contribution in [0.15, 0.2) is 0 Å². The summed E-state index contributed by atoms with van der Waals surface area (Å²) in [7, 11) is 3.10. The molecule has 1 N–H and O–H groups in total. The van der Waals surface area contributed by atoms with E-state index in [1.165, 1.54) is 0 Å². The van der Waals surface area contributed by atoms with E-state index in [1.54, 1.807) is 14.2 Å². The lowest BCUT2D eigenvalue weighted by atomic mass is 10.1. The van der Waals surface area contributed by atoms with Crippen molar-refractivity contribution in [2.24, 2.45) is 0 Å². The molecule has 4 heteroatoms. The van der Waals surface area contributed by atoms with Gasteiger partial charge >= 0.3 is 0 Å². The number of rotatable bonds is 2. The van der Waals surface area contributed by atoms with Crippen LogP contribution < -0.4 is 0 Å². The van der Waals surface area contributed by atoms with Crippen LogP contribution in [0.4, 0.5) is 0 Å². The maximum Gasteiger partial charge on any atom is 0.162 e. The van der Waals surface area contributed by atoms with Gasteiger partial charge in [0.25, 0.3) is 0 Å². The van der Waals surface area contributed by atoms with E-state index >= 15 is 0 Å². The molecule has 66 valence electrons. The van der Waals surface area contributed by atoms with Gasteiger partial charge in [-0.3, -0.25) is 0 Å². The van der Waals surface area contributed by atoms with Gasteiger partial charge in [0, 0.05) is 27.1 Å². The Morgan fingerprint density at radius 2 is 1.64 bits per heavy atom. The smallest absolute Gasteiger partial charge is 0.162 e. The Hall–Kier alpha value is -0.160. The van der Waals surface area contributed by atoms with Crippen molar-refractivity contribution in [3.8, 4) is 0 Å². The van der Waals surface area contributed by atoms with Crippen molar-refractivity contribution in [3.63, 3.8) is 0 Å². The quantitative estimate of drug-likeness (QED) is 0.625. The van der Waals surface area contributed by atoms with Crippen LogP contribution in [0.1, 0.15) is 12.8 Å². The summed E-state index contributed by atoms with van der Waals surface area (Å²) < 4.78 is 15.1. The van der Waals surface area contributed by atoms with Gasteiger partial charge in [-0.2, -0.15) is 0 Å². The van der Waals surface area contributed by atoms with Crippen LogP contribution in [-0.2, 0) is 14.2 Å². The zero-order valence-electron chi connectivity index (χ0n) is 6.82. The largest absolute Gasteiger partial charge is 0.393 e. The topological polar surface area (TPSA) is 47.9 Å². The molecule has 1 heterocycles. The molecular formula is C7H14O4. The molecule has 0 aromatic carbocycles. The van der Waals surface area contributed by atoms with Gasteiger partial charge in [-0.25, -0.2) is 0 Å². The summed E-state index contributed by atoms with van der Waals surface area (Å²) in [4.78, 5) is 0. The molecule has 1 fully saturated rings. The van der Waals surface area contributed by atoms with Gasteiger partial charge in [0.2, 0.25) is 0 Å². The molecule has 4 nitrogen and oxygen atoms in total. The number of hydrogen-bond donors (Lipinski definition) is 1. The highest BCUT2D eigenvalue weighted by Crippen LogP contribution is 2.19. The molecule has 0 amide bonds. The van der Waals surface area contributed by atoms with Crippen molar-refractivity contribution < 1.29 is 19.3 Å². The molecule has 0 aliphatic carbocycles. The molecule has 1 rings (SSSR count). The van der Waals surface area contributed by atoms with Gasteiger partial charge in [-0.1, -0.05) is 0 Å². The second-order valence-electron chi connectivity index (χ2n) is 2.59. The fourth-order valence-electron chi connectivity index (χ4n) is 1.12.